The Morgan fingerprint density at radius 3 is 2.92 bits per heavy atom. The number of nitrogens with zero attached hydrogens (tertiary/aromatic N) is 2. The molecule has 0 saturated carbocycles. The van der Waals surface area contributed by atoms with Crippen LogP contribution >= 0.6 is 11.3 Å². The molecule has 0 radical (unpaired) electrons. The Labute approximate surface area is 155 Å². The van der Waals surface area contributed by atoms with Crippen LogP contribution in [0.3, 0.4) is 0 Å². The number of carbonyl (C=O) groups is 1. The molecule has 138 valence electrons. The van der Waals surface area contributed by atoms with E-state index in [1.165, 1.54) is 19.2 Å². The maximum atomic E-state index is 13.0. The van der Waals surface area contributed by atoms with Gasteiger partial charge in [0.05, 0.1) is 24.7 Å². The molecule has 2 heterocycles. The van der Waals surface area contributed by atoms with Crippen molar-refractivity contribution in [1.82, 2.24) is 4.90 Å². The summed E-state index contributed by atoms with van der Waals surface area (Å²) in [6, 6.07) is 8.20. The molecular formula is C18H20N2O5S. The van der Waals surface area contributed by atoms with E-state index in [4.69, 9.17) is 9.47 Å². The van der Waals surface area contributed by atoms with E-state index in [2.05, 4.69) is 0 Å². The summed E-state index contributed by atoms with van der Waals surface area (Å²) in [7, 11) is 1.37. The van der Waals surface area contributed by atoms with Gasteiger partial charge >= 0.3 is 5.69 Å². The molecule has 2 aromatic rings. The van der Waals surface area contributed by atoms with Gasteiger partial charge in [-0.15, -0.1) is 11.3 Å². The molecule has 3 rings (SSSR count). The molecule has 1 fully saturated rings. The highest BCUT2D eigenvalue weighted by Gasteiger charge is 2.26. The van der Waals surface area contributed by atoms with Gasteiger partial charge in [-0.05, 0) is 36.4 Å². The van der Waals surface area contributed by atoms with E-state index in [1.807, 2.05) is 17.5 Å². The molecule has 0 N–H and O–H groups in total. The van der Waals surface area contributed by atoms with Crippen LogP contribution in [0.2, 0.25) is 0 Å². The largest absolute Gasteiger partial charge is 0.490 e. The Morgan fingerprint density at radius 2 is 2.31 bits per heavy atom. The summed E-state index contributed by atoms with van der Waals surface area (Å²) in [6.45, 7) is 1.63. The van der Waals surface area contributed by atoms with Crippen LogP contribution in [0, 0.1) is 10.1 Å². The van der Waals surface area contributed by atoms with Crippen molar-refractivity contribution in [3.05, 3.63) is 56.3 Å². The molecule has 0 spiro atoms. The minimum Gasteiger partial charge on any atom is -0.490 e. The van der Waals surface area contributed by atoms with Crippen molar-refractivity contribution in [2.24, 2.45) is 0 Å². The number of thiophene rings is 1. The number of nitro benzene ring substituents is 1. The van der Waals surface area contributed by atoms with Crippen LogP contribution in [0.5, 0.6) is 5.75 Å². The topological polar surface area (TPSA) is 81.9 Å². The molecule has 1 aromatic carbocycles. The molecule has 1 aromatic heterocycles. The van der Waals surface area contributed by atoms with Crippen molar-refractivity contribution in [2.45, 2.75) is 25.5 Å². The third kappa shape index (κ3) is 4.20. The Bertz CT molecular complexity index is 772. The number of ether oxygens (including phenoxy) is 2. The Hall–Kier alpha value is -2.45. The molecule has 1 amide bonds. The van der Waals surface area contributed by atoms with Gasteiger partial charge in [-0.1, -0.05) is 6.07 Å². The number of hydrogen-bond acceptors (Lipinski definition) is 6. The standard InChI is InChI=1S/C18H20N2O5S/c1-24-17-7-6-13(10-16(17)20(22)23)18(21)19(11-14-4-2-8-25-14)12-15-5-3-9-26-15/h3,5-7,9-10,14H,2,4,8,11-12H2,1H3/t14-/m1/s1. The zero-order valence-electron chi connectivity index (χ0n) is 14.4. The van der Waals surface area contributed by atoms with Crippen LogP contribution in [-0.4, -0.2) is 42.1 Å². The average molecular weight is 376 g/mol. The first-order valence-electron chi connectivity index (χ1n) is 8.34. The molecule has 26 heavy (non-hydrogen) atoms. The molecule has 8 heteroatoms. The predicted molar refractivity (Wildman–Crippen MR) is 97.7 cm³/mol. The lowest BCUT2D eigenvalue weighted by atomic mass is 10.1. The van der Waals surface area contributed by atoms with Crippen LogP contribution in [0.25, 0.3) is 0 Å². The van der Waals surface area contributed by atoms with Gasteiger partial charge in [-0.2, -0.15) is 0 Å². The van der Waals surface area contributed by atoms with Crippen molar-refractivity contribution in [3.8, 4) is 5.75 Å². The third-order valence-corrected chi connectivity index (χ3v) is 5.15. The van der Waals surface area contributed by atoms with E-state index in [0.29, 0.717) is 19.7 Å². The fraction of sp³-hybridized carbons (Fsp3) is 0.389. The van der Waals surface area contributed by atoms with Crippen LogP contribution in [0.15, 0.2) is 35.7 Å². The summed E-state index contributed by atoms with van der Waals surface area (Å²) in [5.41, 5.74) is 0.0543. The van der Waals surface area contributed by atoms with Crippen LogP contribution in [0.1, 0.15) is 28.1 Å². The fourth-order valence-corrected chi connectivity index (χ4v) is 3.71. The zero-order valence-corrected chi connectivity index (χ0v) is 15.2. The lowest BCUT2D eigenvalue weighted by Gasteiger charge is -2.25. The summed E-state index contributed by atoms with van der Waals surface area (Å²) in [5, 5.41) is 13.2. The lowest BCUT2D eigenvalue weighted by Crippen LogP contribution is -2.36. The quantitative estimate of drug-likeness (QED) is 0.546. The van der Waals surface area contributed by atoms with Gasteiger partial charge < -0.3 is 14.4 Å². The highest BCUT2D eigenvalue weighted by Crippen LogP contribution is 2.28. The van der Waals surface area contributed by atoms with Gasteiger partial charge in [0.1, 0.15) is 0 Å². The predicted octanol–water partition coefficient (Wildman–Crippen LogP) is 3.49. The molecule has 1 aliphatic rings. The van der Waals surface area contributed by atoms with Crippen LogP contribution < -0.4 is 4.74 Å². The normalized spacial score (nSPS) is 16.4. The first kappa shape index (κ1) is 18.3. The van der Waals surface area contributed by atoms with Crippen LogP contribution in [0.4, 0.5) is 5.69 Å². The van der Waals surface area contributed by atoms with Crippen molar-refractivity contribution >= 4 is 22.9 Å². The maximum absolute atomic E-state index is 13.0. The summed E-state index contributed by atoms with van der Waals surface area (Å²) in [6.07, 6.45) is 1.91. The molecular weight excluding hydrogens is 356 g/mol. The van der Waals surface area contributed by atoms with Gasteiger partial charge in [0, 0.05) is 29.7 Å². The average Bonchev–Trinajstić information content (AvgIpc) is 3.34. The molecule has 1 atom stereocenters. The smallest absolute Gasteiger partial charge is 0.311 e. The SMILES string of the molecule is COc1ccc(C(=O)N(Cc2cccs2)C[C@H]2CCCO2)cc1[N+](=O)[O-]. The minimum atomic E-state index is -0.542. The van der Waals surface area contributed by atoms with E-state index in [0.717, 1.165) is 17.7 Å². The second-order valence-corrected chi connectivity index (χ2v) is 7.08. The Kier molecular flexibility index (Phi) is 5.85. The second kappa shape index (κ2) is 8.29. The molecule has 7 nitrogen and oxygen atoms in total. The van der Waals surface area contributed by atoms with Crippen molar-refractivity contribution in [1.29, 1.82) is 0 Å². The van der Waals surface area contributed by atoms with Crippen molar-refractivity contribution in [3.63, 3.8) is 0 Å². The maximum Gasteiger partial charge on any atom is 0.311 e. The van der Waals surface area contributed by atoms with E-state index >= 15 is 0 Å². The number of hydrogen-bond donors (Lipinski definition) is 0. The van der Waals surface area contributed by atoms with Gasteiger partial charge in [-0.3, -0.25) is 14.9 Å². The summed E-state index contributed by atoms with van der Waals surface area (Å²) in [4.78, 5) is 26.5. The van der Waals surface area contributed by atoms with Crippen molar-refractivity contribution in [2.75, 3.05) is 20.3 Å². The number of carbonyl (C=O) groups excluding carboxylic acids is 1. The molecule has 0 unspecified atom stereocenters. The number of nitro groups is 1. The Morgan fingerprint density at radius 1 is 1.46 bits per heavy atom. The van der Waals surface area contributed by atoms with E-state index < -0.39 is 4.92 Å². The monoisotopic (exact) mass is 376 g/mol. The number of amides is 1. The highest BCUT2D eigenvalue weighted by atomic mass is 32.1. The fourth-order valence-electron chi connectivity index (χ4n) is 2.99. The minimum absolute atomic E-state index is 0.00662. The first-order valence-corrected chi connectivity index (χ1v) is 9.22. The van der Waals surface area contributed by atoms with Crippen LogP contribution in [-0.2, 0) is 11.3 Å². The van der Waals surface area contributed by atoms with Gasteiger partial charge in [-0.25, -0.2) is 0 Å². The summed E-state index contributed by atoms with van der Waals surface area (Å²) < 4.78 is 10.7. The summed E-state index contributed by atoms with van der Waals surface area (Å²) >= 11 is 1.57. The molecule has 1 saturated heterocycles. The molecule has 1 aliphatic heterocycles. The Balaban J connectivity index is 1.85. The first-order chi connectivity index (χ1) is 12.6. The molecule has 0 bridgehead atoms. The second-order valence-electron chi connectivity index (χ2n) is 6.04. The highest BCUT2D eigenvalue weighted by molar-refractivity contribution is 7.09. The number of methoxy groups -OCH3 is 1. The van der Waals surface area contributed by atoms with E-state index in [1.54, 1.807) is 22.3 Å². The third-order valence-electron chi connectivity index (χ3n) is 4.28. The number of benzene rings is 1. The summed E-state index contributed by atoms with van der Waals surface area (Å²) in [5.74, 6) is -0.116. The lowest BCUT2D eigenvalue weighted by molar-refractivity contribution is -0.385. The van der Waals surface area contributed by atoms with E-state index in [9.17, 15) is 14.9 Å². The van der Waals surface area contributed by atoms with Crippen molar-refractivity contribution < 1.29 is 19.2 Å². The van der Waals surface area contributed by atoms with E-state index in [-0.39, 0.29) is 29.0 Å². The zero-order chi connectivity index (χ0) is 18.5. The molecule has 0 aliphatic carbocycles. The number of rotatable bonds is 7. The van der Waals surface area contributed by atoms with Gasteiger partial charge in [0.2, 0.25) is 0 Å². The van der Waals surface area contributed by atoms with Gasteiger partial charge in [0.15, 0.2) is 5.75 Å². The van der Waals surface area contributed by atoms with Gasteiger partial charge in [0.25, 0.3) is 5.91 Å².